The number of benzene rings is 1. The van der Waals surface area contributed by atoms with Crippen LogP contribution in [0, 0.1) is 0 Å². The van der Waals surface area contributed by atoms with Crippen LogP contribution < -0.4 is 0 Å². The zero-order valence-corrected chi connectivity index (χ0v) is 10.1. The van der Waals surface area contributed by atoms with Gasteiger partial charge < -0.3 is 10.2 Å². The predicted octanol–water partition coefficient (Wildman–Crippen LogP) is 2.11. The lowest BCUT2D eigenvalue weighted by Gasteiger charge is -2.05. The summed E-state index contributed by atoms with van der Waals surface area (Å²) in [5.74, 6) is -0.129. The van der Waals surface area contributed by atoms with Crippen LogP contribution in [0.1, 0.15) is 13.3 Å². The van der Waals surface area contributed by atoms with E-state index in [0.717, 1.165) is 11.0 Å². The highest BCUT2D eigenvalue weighted by Gasteiger charge is 2.09. The maximum absolute atomic E-state index is 9.56. The standard InChI is InChI=1S/C13H15N3O2/c1-9(17)7-8-13(10(2)18)16-14-11-5-3-4-6-12(11)15-16/h3-6,8-9,17-18H,2,7H2,1H3/b13-8+. The predicted molar refractivity (Wildman–Crippen MR) is 69.9 cm³/mol. The van der Waals surface area contributed by atoms with Crippen LogP contribution in [0.3, 0.4) is 0 Å². The van der Waals surface area contributed by atoms with E-state index in [-0.39, 0.29) is 5.76 Å². The molecule has 5 nitrogen and oxygen atoms in total. The van der Waals surface area contributed by atoms with Gasteiger partial charge in [-0.25, -0.2) is 0 Å². The Bertz CT molecular complexity index is 566. The quantitative estimate of drug-likeness (QED) is 0.639. The van der Waals surface area contributed by atoms with E-state index in [9.17, 15) is 10.2 Å². The molecule has 0 bridgehead atoms. The molecule has 0 saturated heterocycles. The molecule has 1 aromatic carbocycles. The van der Waals surface area contributed by atoms with Crippen molar-refractivity contribution in [3.8, 4) is 0 Å². The third-order valence-corrected chi connectivity index (χ3v) is 2.45. The zero-order valence-electron chi connectivity index (χ0n) is 10.1. The average molecular weight is 245 g/mol. The van der Waals surface area contributed by atoms with Gasteiger partial charge in [0.1, 0.15) is 22.5 Å². The topological polar surface area (TPSA) is 71.2 Å². The monoisotopic (exact) mass is 245 g/mol. The van der Waals surface area contributed by atoms with Gasteiger partial charge in [-0.3, -0.25) is 0 Å². The summed E-state index contributed by atoms with van der Waals surface area (Å²) in [4.78, 5) is 1.33. The third-order valence-electron chi connectivity index (χ3n) is 2.45. The van der Waals surface area contributed by atoms with Crippen LogP contribution in [0.15, 0.2) is 42.7 Å². The molecular weight excluding hydrogens is 230 g/mol. The van der Waals surface area contributed by atoms with Gasteiger partial charge in [-0.05, 0) is 25.5 Å². The molecule has 0 radical (unpaired) electrons. The minimum absolute atomic E-state index is 0.129. The van der Waals surface area contributed by atoms with Crippen molar-refractivity contribution in [2.75, 3.05) is 0 Å². The first kappa shape index (κ1) is 12.3. The molecule has 0 aliphatic heterocycles. The molecule has 0 spiro atoms. The van der Waals surface area contributed by atoms with Crippen molar-refractivity contribution in [1.82, 2.24) is 15.0 Å². The van der Waals surface area contributed by atoms with Gasteiger partial charge >= 0.3 is 0 Å². The van der Waals surface area contributed by atoms with Crippen LogP contribution >= 0.6 is 0 Å². The highest BCUT2D eigenvalue weighted by Crippen LogP contribution is 2.15. The highest BCUT2D eigenvalue weighted by atomic mass is 16.3. The maximum Gasteiger partial charge on any atom is 0.135 e. The molecule has 2 aromatic rings. The Morgan fingerprint density at radius 1 is 1.39 bits per heavy atom. The lowest BCUT2D eigenvalue weighted by molar-refractivity contribution is 0.198. The van der Waals surface area contributed by atoms with Gasteiger partial charge in [-0.2, -0.15) is 0 Å². The highest BCUT2D eigenvalue weighted by molar-refractivity contribution is 5.74. The van der Waals surface area contributed by atoms with E-state index in [2.05, 4.69) is 16.8 Å². The summed E-state index contributed by atoms with van der Waals surface area (Å²) in [6, 6.07) is 7.42. The molecule has 2 rings (SSSR count). The second-order valence-corrected chi connectivity index (χ2v) is 4.10. The second-order valence-electron chi connectivity index (χ2n) is 4.10. The Morgan fingerprint density at radius 2 is 1.94 bits per heavy atom. The SMILES string of the molecule is C=C(O)/C(=C\CC(C)O)n1nc2ccccc2n1. The van der Waals surface area contributed by atoms with Gasteiger partial charge in [-0.1, -0.05) is 24.8 Å². The lowest BCUT2D eigenvalue weighted by atomic mass is 10.2. The van der Waals surface area contributed by atoms with E-state index < -0.39 is 6.10 Å². The molecule has 0 saturated carbocycles. The number of nitrogens with zero attached hydrogens (tertiary/aromatic N) is 3. The van der Waals surface area contributed by atoms with Gasteiger partial charge in [-0.15, -0.1) is 15.0 Å². The Kier molecular flexibility index (Phi) is 3.43. The zero-order chi connectivity index (χ0) is 13.1. The lowest BCUT2D eigenvalue weighted by Crippen LogP contribution is -2.05. The Labute approximate surface area is 105 Å². The third kappa shape index (κ3) is 2.57. The smallest absolute Gasteiger partial charge is 0.135 e. The average Bonchev–Trinajstić information content (AvgIpc) is 2.71. The molecule has 2 N–H and O–H groups in total. The number of rotatable bonds is 4. The van der Waals surface area contributed by atoms with Crippen LogP contribution in [0.5, 0.6) is 0 Å². The Hall–Kier alpha value is -2.14. The van der Waals surface area contributed by atoms with E-state index in [0.29, 0.717) is 12.1 Å². The molecule has 1 heterocycles. The number of hydrogen-bond donors (Lipinski definition) is 2. The molecule has 1 unspecified atom stereocenters. The van der Waals surface area contributed by atoms with Gasteiger partial charge in [0.05, 0.1) is 6.10 Å². The number of aliphatic hydroxyl groups is 2. The fraction of sp³-hybridized carbons (Fsp3) is 0.231. The van der Waals surface area contributed by atoms with Crippen LogP contribution in [0.2, 0.25) is 0 Å². The van der Waals surface area contributed by atoms with Crippen molar-refractivity contribution in [2.45, 2.75) is 19.4 Å². The first-order valence-corrected chi connectivity index (χ1v) is 5.67. The molecule has 0 fully saturated rings. The van der Waals surface area contributed by atoms with Crippen LogP contribution in [-0.2, 0) is 0 Å². The van der Waals surface area contributed by atoms with Gasteiger partial charge in [0, 0.05) is 0 Å². The van der Waals surface area contributed by atoms with Crippen molar-refractivity contribution in [3.05, 3.63) is 42.7 Å². The molecular formula is C13H15N3O2. The van der Waals surface area contributed by atoms with E-state index in [1.807, 2.05) is 24.3 Å². The van der Waals surface area contributed by atoms with Crippen LogP contribution in [0.4, 0.5) is 0 Å². The number of aliphatic hydroxyl groups excluding tert-OH is 2. The van der Waals surface area contributed by atoms with Crippen LogP contribution in [0.25, 0.3) is 16.7 Å². The minimum Gasteiger partial charge on any atom is -0.506 e. The molecule has 0 amide bonds. The molecule has 18 heavy (non-hydrogen) atoms. The van der Waals surface area contributed by atoms with Gasteiger partial charge in [0.25, 0.3) is 0 Å². The normalized spacial score (nSPS) is 13.8. The van der Waals surface area contributed by atoms with Gasteiger partial charge in [0.2, 0.25) is 0 Å². The fourth-order valence-electron chi connectivity index (χ4n) is 1.56. The first-order valence-electron chi connectivity index (χ1n) is 5.67. The maximum atomic E-state index is 9.56. The first-order chi connectivity index (χ1) is 8.58. The summed E-state index contributed by atoms with van der Waals surface area (Å²) in [5, 5.41) is 27.3. The van der Waals surface area contributed by atoms with E-state index in [1.165, 1.54) is 4.80 Å². The molecule has 1 atom stereocenters. The molecule has 94 valence electrons. The number of fused-ring (bicyclic) bond motifs is 1. The minimum atomic E-state index is -0.496. The van der Waals surface area contributed by atoms with Crippen molar-refractivity contribution < 1.29 is 10.2 Å². The van der Waals surface area contributed by atoms with E-state index in [1.54, 1.807) is 13.0 Å². The molecule has 1 aromatic heterocycles. The number of allylic oxidation sites excluding steroid dienone is 1. The largest absolute Gasteiger partial charge is 0.506 e. The molecule has 0 aliphatic rings. The Morgan fingerprint density at radius 3 is 2.39 bits per heavy atom. The number of hydrogen-bond acceptors (Lipinski definition) is 4. The van der Waals surface area contributed by atoms with Crippen LogP contribution in [-0.4, -0.2) is 31.3 Å². The van der Waals surface area contributed by atoms with Crippen molar-refractivity contribution in [1.29, 1.82) is 0 Å². The van der Waals surface area contributed by atoms with Gasteiger partial charge in [0.15, 0.2) is 0 Å². The fourth-order valence-corrected chi connectivity index (χ4v) is 1.56. The summed E-state index contributed by atoms with van der Waals surface area (Å²) in [6.45, 7) is 5.15. The van der Waals surface area contributed by atoms with E-state index >= 15 is 0 Å². The Balaban J connectivity index is 2.42. The van der Waals surface area contributed by atoms with Crippen molar-refractivity contribution in [2.24, 2.45) is 0 Å². The summed E-state index contributed by atoms with van der Waals surface area (Å²) in [7, 11) is 0. The number of aromatic nitrogens is 3. The summed E-state index contributed by atoms with van der Waals surface area (Å²) < 4.78 is 0. The summed E-state index contributed by atoms with van der Waals surface area (Å²) in [6.07, 6.45) is 1.56. The van der Waals surface area contributed by atoms with E-state index in [4.69, 9.17) is 0 Å². The van der Waals surface area contributed by atoms with Crippen molar-refractivity contribution in [3.63, 3.8) is 0 Å². The molecule has 0 aliphatic carbocycles. The van der Waals surface area contributed by atoms with Crippen molar-refractivity contribution >= 4 is 16.7 Å². The summed E-state index contributed by atoms with van der Waals surface area (Å²) >= 11 is 0. The summed E-state index contributed by atoms with van der Waals surface area (Å²) in [5.41, 5.74) is 1.86. The molecule has 5 heteroatoms. The second kappa shape index (κ2) is 5.01.